The van der Waals surface area contributed by atoms with Crippen LogP contribution in [0.5, 0.6) is 0 Å². The first kappa shape index (κ1) is 11.6. The van der Waals surface area contributed by atoms with Crippen LogP contribution in [0.1, 0.15) is 39.0 Å². The first-order chi connectivity index (χ1) is 7.56. The summed E-state index contributed by atoms with van der Waals surface area (Å²) in [6.07, 6.45) is 3.11. The van der Waals surface area contributed by atoms with Crippen molar-refractivity contribution >= 4 is 11.8 Å². The molecule has 0 aromatic rings. The lowest BCUT2D eigenvalue weighted by Gasteiger charge is -2.43. The normalized spacial score (nSPS) is 38.2. The third-order valence-corrected chi connectivity index (χ3v) is 3.72. The van der Waals surface area contributed by atoms with Crippen LogP contribution >= 0.6 is 0 Å². The molecule has 0 aromatic carbocycles. The van der Waals surface area contributed by atoms with Crippen molar-refractivity contribution in [2.75, 3.05) is 6.61 Å². The summed E-state index contributed by atoms with van der Waals surface area (Å²) in [5.41, 5.74) is -0.844. The van der Waals surface area contributed by atoms with Crippen LogP contribution in [0.25, 0.3) is 0 Å². The van der Waals surface area contributed by atoms with Gasteiger partial charge in [0.1, 0.15) is 11.7 Å². The molecule has 2 aliphatic rings. The van der Waals surface area contributed by atoms with Crippen molar-refractivity contribution in [1.82, 2.24) is 0 Å². The van der Waals surface area contributed by atoms with Crippen molar-refractivity contribution < 1.29 is 19.4 Å². The van der Waals surface area contributed by atoms with Gasteiger partial charge in [0.15, 0.2) is 0 Å². The Labute approximate surface area is 95.0 Å². The minimum atomic E-state index is -0.844. The number of ether oxygens (including phenoxy) is 1. The monoisotopic (exact) mass is 226 g/mol. The molecular weight excluding hydrogens is 208 g/mol. The molecule has 2 saturated carbocycles. The first-order valence-electron chi connectivity index (χ1n) is 5.97. The Bertz CT molecular complexity index is 312. The van der Waals surface area contributed by atoms with E-state index in [4.69, 9.17) is 4.74 Å². The number of rotatable bonds is 2. The molecular formula is C12H18O4. The van der Waals surface area contributed by atoms with Gasteiger partial charge in [-0.3, -0.25) is 9.59 Å². The van der Waals surface area contributed by atoms with Crippen LogP contribution in [0, 0.1) is 11.8 Å². The predicted molar refractivity (Wildman–Crippen MR) is 56.7 cm³/mol. The smallest absolute Gasteiger partial charge is 0.316 e. The van der Waals surface area contributed by atoms with Crippen LogP contribution in [-0.4, -0.2) is 29.1 Å². The van der Waals surface area contributed by atoms with Crippen LogP contribution in [0.4, 0.5) is 0 Å². The Morgan fingerprint density at radius 2 is 2.38 bits per heavy atom. The SMILES string of the molecule is CCOC(=O)C1C(=O)CC2(O)CCCC1C2. The molecule has 1 N–H and O–H groups in total. The van der Waals surface area contributed by atoms with E-state index in [0.717, 1.165) is 12.8 Å². The molecule has 16 heavy (non-hydrogen) atoms. The van der Waals surface area contributed by atoms with Gasteiger partial charge in [0.05, 0.1) is 12.2 Å². The van der Waals surface area contributed by atoms with E-state index in [-0.39, 0.29) is 18.1 Å². The first-order valence-corrected chi connectivity index (χ1v) is 5.97. The van der Waals surface area contributed by atoms with Crippen LogP contribution < -0.4 is 0 Å². The molecule has 4 heteroatoms. The number of Topliss-reactive ketones (excluding diaryl/α,β-unsaturated/α-hetero) is 1. The van der Waals surface area contributed by atoms with Gasteiger partial charge < -0.3 is 9.84 Å². The Balaban J connectivity index is 2.14. The number of hydrogen-bond acceptors (Lipinski definition) is 4. The van der Waals surface area contributed by atoms with Crippen molar-refractivity contribution in [1.29, 1.82) is 0 Å². The topological polar surface area (TPSA) is 63.6 Å². The highest BCUT2D eigenvalue weighted by Gasteiger charge is 2.49. The summed E-state index contributed by atoms with van der Waals surface area (Å²) >= 11 is 0. The molecule has 3 atom stereocenters. The maximum atomic E-state index is 11.9. The molecule has 2 aliphatic carbocycles. The second-order valence-corrected chi connectivity index (χ2v) is 4.95. The second kappa shape index (κ2) is 4.17. The van der Waals surface area contributed by atoms with Crippen LogP contribution in [0.15, 0.2) is 0 Å². The van der Waals surface area contributed by atoms with E-state index >= 15 is 0 Å². The standard InChI is InChI=1S/C12H18O4/c1-2-16-11(14)10-8-4-3-5-12(15,6-8)7-9(10)13/h8,10,15H,2-7H2,1H3. The van der Waals surface area contributed by atoms with E-state index in [1.807, 2.05) is 0 Å². The average Bonchev–Trinajstić information content (AvgIpc) is 2.15. The van der Waals surface area contributed by atoms with Gasteiger partial charge >= 0.3 is 5.97 Å². The zero-order chi connectivity index (χ0) is 11.8. The molecule has 0 aromatic heterocycles. The molecule has 2 rings (SSSR count). The van der Waals surface area contributed by atoms with E-state index in [1.165, 1.54) is 0 Å². The van der Waals surface area contributed by atoms with Gasteiger partial charge in [0, 0.05) is 6.42 Å². The number of hydrogen-bond donors (Lipinski definition) is 1. The summed E-state index contributed by atoms with van der Waals surface area (Å²) in [5, 5.41) is 10.1. The number of ketones is 1. The third-order valence-electron chi connectivity index (χ3n) is 3.72. The maximum absolute atomic E-state index is 11.9. The predicted octanol–water partition coefficient (Wildman–Crippen LogP) is 1.06. The van der Waals surface area contributed by atoms with E-state index in [0.29, 0.717) is 19.4 Å². The lowest BCUT2D eigenvalue weighted by Crippen LogP contribution is -2.50. The lowest BCUT2D eigenvalue weighted by molar-refractivity contribution is -0.163. The zero-order valence-electron chi connectivity index (χ0n) is 9.57. The molecule has 0 saturated heterocycles. The molecule has 2 bridgehead atoms. The van der Waals surface area contributed by atoms with E-state index in [2.05, 4.69) is 0 Å². The van der Waals surface area contributed by atoms with E-state index in [9.17, 15) is 14.7 Å². The number of carbonyl (C=O) groups is 2. The van der Waals surface area contributed by atoms with Gasteiger partial charge in [-0.1, -0.05) is 6.42 Å². The molecule has 0 amide bonds. The van der Waals surface area contributed by atoms with Crippen molar-refractivity contribution in [2.45, 2.75) is 44.6 Å². The van der Waals surface area contributed by atoms with E-state index in [1.54, 1.807) is 6.92 Å². The van der Waals surface area contributed by atoms with Crippen LogP contribution in [0.2, 0.25) is 0 Å². The molecule has 0 radical (unpaired) electrons. The largest absolute Gasteiger partial charge is 0.465 e. The van der Waals surface area contributed by atoms with Crippen LogP contribution in [-0.2, 0) is 14.3 Å². The number of aliphatic hydroxyl groups is 1. The summed E-state index contributed by atoms with van der Waals surface area (Å²) in [6.45, 7) is 2.04. The molecule has 0 aliphatic heterocycles. The quantitative estimate of drug-likeness (QED) is 0.565. The summed E-state index contributed by atoms with van der Waals surface area (Å²) in [6, 6.07) is 0. The van der Waals surface area contributed by atoms with Crippen molar-refractivity contribution in [3.8, 4) is 0 Å². The Morgan fingerprint density at radius 3 is 3.06 bits per heavy atom. The molecule has 0 heterocycles. The Morgan fingerprint density at radius 1 is 1.62 bits per heavy atom. The summed E-state index contributed by atoms with van der Waals surface area (Å²) < 4.78 is 4.93. The molecule has 0 spiro atoms. The van der Waals surface area contributed by atoms with Gasteiger partial charge in [0.2, 0.25) is 0 Å². The number of fused-ring (bicyclic) bond motifs is 2. The van der Waals surface area contributed by atoms with Crippen molar-refractivity contribution in [3.63, 3.8) is 0 Å². The minimum Gasteiger partial charge on any atom is -0.465 e. The average molecular weight is 226 g/mol. The van der Waals surface area contributed by atoms with Crippen molar-refractivity contribution in [2.24, 2.45) is 11.8 Å². The van der Waals surface area contributed by atoms with Gasteiger partial charge in [-0.25, -0.2) is 0 Å². The lowest BCUT2D eigenvalue weighted by atomic mass is 9.64. The molecule has 3 unspecified atom stereocenters. The molecule has 2 fully saturated rings. The van der Waals surface area contributed by atoms with Crippen molar-refractivity contribution in [3.05, 3.63) is 0 Å². The van der Waals surface area contributed by atoms with Gasteiger partial charge in [-0.2, -0.15) is 0 Å². The van der Waals surface area contributed by atoms with Crippen LogP contribution in [0.3, 0.4) is 0 Å². The molecule has 90 valence electrons. The zero-order valence-corrected chi connectivity index (χ0v) is 9.57. The fourth-order valence-electron chi connectivity index (χ4n) is 3.08. The fourth-order valence-corrected chi connectivity index (χ4v) is 3.08. The number of esters is 1. The third kappa shape index (κ3) is 1.98. The van der Waals surface area contributed by atoms with Gasteiger partial charge in [-0.15, -0.1) is 0 Å². The second-order valence-electron chi connectivity index (χ2n) is 4.95. The summed E-state index contributed by atoms with van der Waals surface area (Å²) in [5.74, 6) is -1.18. The highest BCUT2D eigenvalue weighted by Crippen LogP contribution is 2.44. The highest BCUT2D eigenvalue weighted by molar-refractivity contribution is 6.00. The fraction of sp³-hybridized carbons (Fsp3) is 0.833. The summed E-state index contributed by atoms with van der Waals surface area (Å²) in [4.78, 5) is 23.6. The Kier molecular flexibility index (Phi) is 3.02. The minimum absolute atomic E-state index is 0.0148. The van der Waals surface area contributed by atoms with Gasteiger partial charge in [-0.05, 0) is 32.1 Å². The maximum Gasteiger partial charge on any atom is 0.316 e. The highest BCUT2D eigenvalue weighted by atomic mass is 16.5. The molecule has 4 nitrogen and oxygen atoms in total. The van der Waals surface area contributed by atoms with E-state index < -0.39 is 17.5 Å². The Hall–Kier alpha value is -0.900. The summed E-state index contributed by atoms with van der Waals surface area (Å²) in [7, 11) is 0. The number of carbonyl (C=O) groups excluding carboxylic acids is 2. The van der Waals surface area contributed by atoms with Gasteiger partial charge in [0.25, 0.3) is 0 Å².